The number of nitrogens with one attached hydrogen (secondary N) is 1. The number of ether oxygens (including phenoxy) is 1. The van der Waals surface area contributed by atoms with Crippen molar-refractivity contribution in [1.82, 2.24) is 4.90 Å². The lowest BCUT2D eigenvalue weighted by atomic mass is 9.98. The molecule has 0 fully saturated rings. The fourth-order valence-electron chi connectivity index (χ4n) is 3.00. The number of nitrogens with zero attached hydrogens (tertiary/aromatic N) is 1. The van der Waals surface area contributed by atoms with Crippen molar-refractivity contribution in [3.63, 3.8) is 0 Å². The predicted octanol–water partition coefficient (Wildman–Crippen LogP) is 4.21. The van der Waals surface area contributed by atoms with E-state index in [0.717, 1.165) is 17.8 Å². The van der Waals surface area contributed by atoms with Crippen LogP contribution in [0.3, 0.4) is 0 Å². The summed E-state index contributed by atoms with van der Waals surface area (Å²) < 4.78 is 5.21. The van der Waals surface area contributed by atoms with Crippen molar-refractivity contribution in [1.29, 1.82) is 0 Å². The monoisotopic (exact) mass is 354 g/mol. The minimum atomic E-state index is 0.00762. The van der Waals surface area contributed by atoms with Crippen LogP contribution in [0.5, 0.6) is 0 Å². The Morgan fingerprint density at radius 1 is 1.12 bits per heavy atom. The first kappa shape index (κ1) is 20.1. The Balaban J connectivity index is 2.07. The number of rotatable bonds is 9. The van der Waals surface area contributed by atoms with Crippen LogP contribution in [0, 0.1) is 6.92 Å². The Kier molecular flexibility index (Phi) is 7.82. The Morgan fingerprint density at radius 3 is 2.50 bits per heavy atom. The van der Waals surface area contributed by atoms with Gasteiger partial charge in [0.25, 0.3) is 0 Å². The topological polar surface area (TPSA) is 41.6 Å². The molecule has 4 heteroatoms. The van der Waals surface area contributed by atoms with Gasteiger partial charge in [-0.2, -0.15) is 0 Å². The fourth-order valence-corrected chi connectivity index (χ4v) is 3.00. The van der Waals surface area contributed by atoms with Crippen LogP contribution in [0.4, 0.5) is 5.69 Å². The van der Waals surface area contributed by atoms with E-state index in [2.05, 4.69) is 42.3 Å². The van der Waals surface area contributed by atoms with Crippen LogP contribution in [0.25, 0.3) is 0 Å². The SMILES string of the molecule is COCCN(CC(=O)Nc1c(C)cccc1C(C)C)Cc1ccccc1. The van der Waals surface area contributed by atoms with Crippen molar-refractivity contribution in [2.75, 3.05) is 32.1 Å². The Bertz CT molecular complexity index is 699. The summed E-state index contributed by atoms with van der Waals surface area (Å²) in [6.45, 7) is 8.70. The Labute approximate surface area is 157 Å². The summed E-state index contributed by atoms with van der Waals surface area (Å²) in [6.07, 6.45) is 0. The van der Waals surface area contributed by atoms with Crippen LogP contribution in [0.15, 0.2) is 48.5 Å². The van der Waals surface area contributed by atoms with Crippen LogP contribution < -0.4 is 5.32 Å². The van der Waals surface area contributed by atoms with E-state index in [0.29, 0.717) is 25.6 Å². The van der Waals surface area contributed by atoms with Crippen LogP contribution in [0.2, 0.25) is 0 Å². The molecular weight excluding hydrogens is 324 g/mol. The Hall–Kier alpha value is -2.17. The van der Waals surface area contributed by atoms with Crippen molar-refractivity contribution in [3.8, 4) is 0 Å². The second kappa shape index (κ2) is 10.1. The number of anilines is 1. The van der Waals surface area contributed by atoms with E-state index in [1.807, 2.05) is 37.3 Å². The molecule has 0 aliphatic carbocycles. The van der Waals surface area contributed by atoms with Crippen LogP contribution >= 0.6 is 0 Å². The first-order chi connectivity index (χ1) is 12.5. The number of hydrogen-bond donors (Lipinski definition) is 1. The molecule has 2 rings (SSSR count). The molecule has 4 nitrogen and oxygen atoms in total. The van der Waals surface area contributed by atoms with Gasteiger partial charge in [0.1, 0.15) is 0 Å². The first-order valence-electron chi connectivity index (χ1n) is 9.15. The van der Waals surface area contributed by atoms with E-state index >= 15 is 0 Å². The lowest BCUT2D eigenvalue weighted by molar-refractivity contribution is -0.117. The van der Waals surface area contributed by atoms with Gasteiger partial charge in [-0.3, -0.25) is 9.69 Å². The number of amides is 1. The van der Waals surface area contributed by atoms with E-state index in [1.165, 1.54) is 11.1 Å². The second-order valence-electron chi connectivity index (χ2n) is 6.93. The summed E-state index contributed by atoms with van der Waals surface area (Å²) in [7, 11) is 1.68. The van der Waals surface area contributed by atoms with Crippen LogP contribution in [-0.4, -0.2) is 37.6 Å². The minimum absolute atomic E-state index is 0.00762. The first-order valence-corrected chi connectivity index (χ1v) is 9.15. The summed E-state index contributed by atoms with van der Waals surface area (Å²) >= 11 is 0. The van der Waals surface area contributed by atoms with Crippen molar-refractivity contribution in [3.05, 3.63) is 65.2 Å². The van der Waals surface area contributed by atoms with Gasteiger partial charge in [0.2, 0.25) is 5.91 Å². The third-order valence-corrected chi connectivity index (χ3v) is 4.42. The molecule has 0 bridgehead atoms. The summed E-state index contributed by atoms with van der Waals surface area (Å²) in [5.74, 6) is 0.368. The van der Waals surface area contributed by atoms with Gasteiger partial charge in [-0.1, -0.05) is 62.4 Å². The molecule has 26 heavy (non-hydrogen) atoms. The molecule has 1 amide bonds. The highest BCUT2D eigenvalue weighted by Gasteiger charge is 2.15. The van der Waals surface area contributed by atoms with Gasteiger partial charge < -0.3 is 10.1 Å². The number of hydrogen-bond acceptors (Lipinski definition) is 3. The Morgan fingerprint density at radius 2 is 1.85 bits per heavy atom. The average molecular weight is 354 g/mol. The van der Waals surface area contributed by atoms with E-state index in [9.17, 15) is 4.79 Å². The minimum Gasteiger partial charge on any atom is -0.383 e. The zero-order valence-corrected chi connectivity index (χ0v) is 16.3. The van der Waals surface area contributed by atoms with E-state index < -0.39 is 0 Å². The maximum Gasteiger partial charge on any atom is 0.238 e. The summed E-state index contributed by atoms with van der Waals surface area (Å²) in [5.41, 5.74) is 4.40. The highest BCUT2D eigenvalue weighted by Crippen LogP contribution is 2.27. The van der Waals surface area contributed by atoms with Gasteiger partial charge in [0, 0.05) is 25.9 Å². The predicted molar refractivity (Wildman–Crippen MR) is 107 cm³/mol. The summed E-state index contributed by atoms with van der Waals surface area (Å²) in [6, 6.07) is 16.4. The molecule has 0 radical (unpaired) electrons. The summed E-state index contributed by atoms with van der Waals surface area (Å²) in [4.78, 5) is 14.8. The molecule has 0 aromatic heterocycles. The van der Waals surface area contributed by atoms with Gasteiger partial charge >= 0.3 is 0 Å². The molecule has 0 unspecified atom stereocenters. The van der Waals surface area contributed by atoms with Gasteiger partial charge in [-0.05, 0) is 29.5 Å². The lowest BCUT2D eigenvalue weighted by Crippen LogP contribution is -2.35. The molecule has 140 valence electrons. The summed E-state index contributed by atoms with van der Waals surface area (Å²) in [5, 5.41) is 3.13. The third-order valence-electron chi connectivity index (χ3n) is 4.42. The van der Waals surface area contributed by atoms with Crippen molar-refractivity contribution < 1.29 is 9.53 Å². The van der Waals surface area contributed by atoms with Gasteiger partial charge in [0.15, 0.2) is 0 Å². The largest absolute Gasteiger partial charge is 0.383 e. The van der Waals surface area contributed by atoms with Crippen LogP contribution in [-0.2, 0) is 16.1 Å². The zero-order valence-electron chi connectivity index (χ0n) is 16.3. The molecular formula is C22H30N2O2. The molecule has 0 aliphatic heterocycles. The number of benzene rings is 2. The van der Waals surface area contributed by atoms with Gasteiger partial charge in [-0.15, -0.1) is 0 Å². The molecule has 0 saturated carbocycles. The standard InChI is InChI=1S/C22H30N2O2/c1-17(2)20-12-8-9-18(3)22(20)23-21(25)16-24(13-14-26-4)15-19-10-6-5-7-11-19/h5-12,17H,13-16H2,1-4H3,(H,23,25). The highest BCUT2D eigenvalue weighted by atomic mass is 16.5. The average Bonchev–Trinajstić information content (AvgIpc) is 2.62. The maximum atomic E-state index is 12.7. The number of aryl methyl sites for hydroxylation is 1. The second-order valence-corrected chi connectivity index (χ2v) is 6.93. The molecule has 0 saturated heterocycles. The molecule has 1 N–H and O–H groups in total. The molecule has 2 aromatic carbocycles. The number of carbonyl (C=O) groups is 1. The van der Waals surface area contributed by atoms with Crippen LogP contribution in [0.1, 0.15) is 36.5 Å². The fraction of sp³-hybridized carbons (Fsp3) is 0.409. The molecule has 0 aliphatic rings. The number of carbonyl (C=O) groups excluding carboxylic acids is 1. The number of methoxy groups -OCH3 is 1. The number of para-hydroxylation sites is 1. The van der Waals surface area contributed by atoms with Crippen molar-refractivity contribution in [2.24, 2.45) is 0 Å². The van der Waals surface area contributed by atoms with Crippen molar-refractivity contribution in [2.45, 2.75) is 33.2 Å². The quantitative estimate of drug-likeness (QED) is 0.733. The zero-order chi connectivity index (χ0) is 18.9. The normalized spacial score (nSPS) is 11.2. The van der Waals surface area contributed by atoms with Gasteiger partial charge in [0.05, 0.1) is 13.2 Å². The van der Waals surface area contributed by atoms with E-state index in [1.54, 1.807) is 7.11 Å². The highest BCUT2D eigenvalue weighted by molar-refractivity contribution is 5.93. The smallest absolute Gasteiger partial charge is 0.238 e. The molecule has 2 aromatic rings. The lowest BCUT2D eigenvalue weighted by Gasteiger charge is -2.23. The van der Waals surface area contributed by atoms with E-state index in [4.69, 9.17) is 4.74 Å². The molecule has 0 spiro atoms. The molecule has 0 atom stereocenters. The maximum absolute atomic E-state index is 12.7. The third kappa shape index (κ3) is 5.97. The van der Waals surface area contributed by atoms with Crippen molar-refractivity contribution >= 4 is 11.6 Å². The van der Waals surface area contributed by atoms with E-state index in [-0.39, 0.29) is 5.91 Å². The van der Waals surface area contributed by atoms with Gasteiger partial charge in [-0.25, -0.2) is 0 Å². The molecule has 0 heterocycles.